The number of pyridine rings is 1. The number of hydrogen-bond donors (Lipinski definition) is 2. The summed E-state index contributed by atoms with van der Waals surface area (Å²) >= 11 is 4.89. The van der Waals surface area contributed by atoms with Gasteiger partial charge in [-0.1, -0.05) is 12.2 Å². The number of thiocarbonyl (C=S) groups is 1. The van der Waals surface area contributed by atoms with Crippen molar-refractivity contribution >= 4 is 23.0 Å². The number of aromatic nitrogens is 1. The van der Waals surface area contributed by atoms with Crippen LogP contribution >= 0.6 is 12.2 Å². The molecule has 6 heteroatoms. The highest BCUT2D eigenvalue weighted by molar-refractivity contribution is 7.80. The number of hydrogen-bond acceptors (Lipinski definition) is 5. The lowest BCUT2D eigenvalue weighted by Crippen LogP contribution is -2.48. The number of morpholine rings is 1. The van der Waals surface area contributed by atoms with E-state index in [-0.39, 0.29) is 18.8 Å². The maximum absolute atomic E-state index is 9.18. The van der Waals surface area contributed by atoms with Crippen molar-refractivity contribution in [1.82, 2.24) is 4.98 Å². The zero-order valence-corrected chi connectivity index (χ0v) is 11.1. The highest BCUT2D eigenvalue weighted by Crippen LogP contribution is 2.18. The smallest absolute Gasteiger partial charge is 0.128 e. The van der Waals surface area contributed by atoms with Crippen LogP contribution in [0.15, 0.2) is 18.3 Å². The zero-order valence-electron chi connectivity index (χ0n) is 10.2. The molecule has 2 unspecified atom stereocenters. The number of aliphatic hydroxyl groups excluding tert-OH is 1. The Labute approximate surface area is 112 Å². The number of aliphatic hydroxyl groups is 1. The molecule has 1 aromatic heterocycles. The van der Waals surface area contributed by atoms with Gasteiger partial charge in [-0.3, -0.25) is 0 Å². The molecule has 0 aliphatic carbocycles. The first-order valence-electron chi connectivity index (χ1n) is 5.87. The Kier molecular flexibility index (Phi) is 4.11. The molecule has 5 nitrogen and oxygen atoms in total. The minimum Gasteiger partial charge on any atom is -0.394 e. The average molecular weight is 267 g/mol. The van der Waals surface area contributed by atoms with Crippen molar-refractivity contribution in [3.8, 4) is 0 Å². The van der Waals surface area contributed by atoms with Crippen molar-refractivity contribution in [2.45, 2.75) is 19.1 Å². The Bertz CT molecular complexity index is 424. The minimum atomic E-state index is -0.161. The molecule has 0 spiro atoms. The Morgan fingerprint density at radius 3 is 2.94 bits per heavy atom. The molecule has 98 valence electrons. The fraction of sp³-hybridized carbons (Fsp3) is 0.500. The summed E-state index contributed by atoms with van der Waals surface area (Å²) in [6, 6.07) is 3.75. The molecule has 1 aliphatic heterocycles. The van der Waals surface area contributed by atoms with E-state index in [0.717, 1.165) is 17.9 Å². The molecular weight excluding hydrogens is 250 g/mol. The van der Waals surface area contributed by atoms with E-state index in [1.165, 1.54) is 0 Å². The second-order valence-corrected chi connectivity index (χ2v) is 4.87. The van der Waals surface area contributed by atoms with Crippen LogP contribution in [-0.2, 0) is 4.74 Å². The maximum atomic E-state index is 9.18. The van der Waals surface area contributed by atoms with Gasteiger partial charge in [-0.25, -0.2) is 4.98 Å². The van der Waals surface area contributed by atoms with Crippen molar-refractivity contribution in [3.05, 3.63) is 23.9 Å². The molecule has 2 atom stereocenters. The van der Waals surface area contributed by atoms with Crippen LogP contribution in [0.1, 0.15) is 12.5 Å². The fourth-order valence-corrected chi connectivity index (χ4v) is 2.17. The van der Waals surface area contributed by atoms with Crippen molar-refractivity contribution in [1.29, 1.82) is 0 Å². The minimum absolute atomic E-state index is 0.0197. The van der Waals surface area contributed by atoms with E-state index in [2.05, 4.69) is 9.88 Å². The normalized spacial score (nSPS) is 24.0. The standard InChI is InChI=1S/C12H17N3O2S/c1-8-5-15(6-10(7-16)17-8)11-3-2-9(4-14-11)12(13)18/h2-4,8,10,16H,5-7H2,1H3,(H2,13,18). The maximum Gasteiger partial charge on any atom is 0.128 e. The van der Waals surface area contributed by atoms with Crippen LogP contribution in [0.5, 0.6) is 0 Å². The van der Waals surface area contributed by atoms with Crippen LogP contribution in [0.25, 0.3) is 0 Å². The lowest BCUT2D eigenvalue weighted by molar-refractivity contribution is -0.0423. The topological polar surface area (TPSA) is 71.6 Å². The van der Waals surface area contributed by atoms with Crippen LogP contribution in [0.4, 0.5) is 5.82 Å². The van der Waals surface area contributed by atoms with Gasteiger partial charge < -0.3 is 20.5 Å². The summed E-state index contributed by atoms with van der Waals surface area (Å²) in [6.07, 6.45) is 1.59. The Hall–Kier alpha value is -1.24. The molecule has 2 heterocycles. The number of nitrogens with two attached hydrogens (primary N) is 1. The SMILES string of the molecule is CC1CN(c2ccc(C(N)=S)cn2)CC(CO)O1. The van der Waals surface area contributed by atoms with Gasteiger partial charge in [0.05, 0.1) is 18.8 Å². The summed E-state index contributed by atoms with van der Waals surface area (Å²) in [5, 5.41) is 9.18. The summed E-state index contributed by atoms with van der Waals surface area (Å²) in [7, 11) is 0. The Morgan fingerprint density at radius 1 is 1.61 bits per heavy atom. The molecule has 0 amide bonds. The monoisotopic (exact) mass is 267 g/mol. The second-order valence-electron chi connectivity index (χ2n) is 4.43. The molecule has 1 aliphatic rings. The Balaban J connectivity index is 2.12. The molecule has 18 heavy (non-hydrogen) atoms. The van der Waals surface area contributed by atoms with Gasteiger partial charge in [0.15, 0.2) is 0 Å². The third-order valence-electron chi connectivity index (χ3n) is 2.89. The van der Waals surface area contributed by atoms with Crippen LogP contribution in [0.3, 0.4) is 0 Å². The van der Waals surface area contributed by atoms with Crippen LogP contribution < -0.4 is 10.6 Å². The highest BCUT2D eigenvalue weighted by atomic mass is 32.1. The first kappa shape index (κ1) is 13.2. The van der Waals surface area contributed by atoms with Gasteiger partial charge in [-0.15, -0.1) is 0 Å². The molecule has 0 bridgehead atoms. The van der Waals surface area contributed by atoms with Crippen molar-refractivity contribution < 1.29 is 9.84 Å². The second kappa shape index (κ2) is 5.60. The highest BCUT2D eigenvalue weighted by Gasteiger charge is 2.25. The quantitative estimate of drug-likeness (QED) is 0.768. The number of anilines is 1. The van der Waals surface area contributed by atoms with Crippen LogP contribution in [0, 0.1) is 0 Å². The molecule has 3 N–H and O–H groups in total. The largest absolute Gasteiger partial charge is 0.394 e. The van der Waals surface area contributed by atoms with Gasteiger partial charge in [0, 0.05) is 24.8 Å². The molecule has 1 saturated heterocycles. The van der Waals surface area contributed by atoms with E-state index < -0.39 is 0 Å². The van der Waals surface area contributed by atoms with Gasteiger partial charge in [0.25, 0.3) is 0 Å². The molecule has 1 fully saturated rings. The van der Waals surface area contributed by atoms with Gasteiger partial charge in [-0.05, 0) is 19.1 Å². The first-order chi connectivity index (χ1) is 8.60. The number of nitrogens with zero attached hydrogens (tertiary/aromatic N) is 2. The lowest BCUT2D eigenvalue weighted by Gasteiger charge is -2.36. The third-order valence-corrected chi connectivity index (χ3v) is 3.12. The number of rotatable bonds is 3. The van der Waals surface area contributed by atoms with E-state index in [1.807, 2.05) is 19.1 Å². The van der Waals surface area contributed by atoms with E-state index in [9.17, 15) is 5.11 Å². The predicted octanol–water partition coefficient (Wildman–Crippen LogP) is 0.302. The summed E-state index contributed by atoms with van der Waals surface area (Å²) in [6.45, 7) is 3.40. The summed E-state index contributed by atoms with van der Waals surface area (Å²) in [5.41, 5.74) is 6.29. The Morgan fingerprint density at radius 2 is 2.39 bits per heavy atom. The fourth-order valence-electron chi connectivity index (χ4n) is 2.05. The van der Waals surface area contributed by atoms with E-state index in [0.29, 0.717) is 11.5 Å². The average Bonchev–Trinajstić information content (AvgIpc) is 2.38. The van der Waals surface area contributed by atoms with E-state index >= 15 is 0 Å². The van der Waals surface area contributed by atoms with Gasteiger partial charge in [0.1, 0.15) is 10.8 Å². The predicted molar refractivity (Wildman–Crippen MR) is 73.8 cm³/mol. The third kappa shape index (κ3) is 2.95. The summed E-state index contributed by atoms with van der Waals surface area (Å²) in [5.74, 6) is 0.851. The number of ether oxygens (including phenoxy) is 1. The molecule has 1 aromatic rings. The van der Waals surface area contributed by atoms with E-state index in [4.69, 9.17) is 22.7 Å². The van der Waals surface area contributed by atoms with Crippen molar-refractivity contribution in [2.75, 3.05) is 24.6 Å². The summed E-state index contributed by atoms with van der Waals surface area (Å²) in [4.78, 5) is 6.79. The zero-order chi connectivity index (χ0) is 13.1. The van der Waals surface area contributed by atoms with Crippen LogP contribution in [0.2, 0.25) is 0 Å². The van der Waals surface area contributed by atoms with Gasteiger partial charge in [0.2, 0.25) is 0 Å². The van der Waals surface area contributed by atoms with Crippen LogP contribution in [-0.4, -0.2) is 47.0 Å². The molecule has 0 aromatic carbocycles. The molecule has 0 radical (unpaired) electrons. The van der Waals surface area contributed by atoms with Crippen molar-refractivity contribution in [2.24, 2.45) is 5.73 Å². The lowest BCUT2D eigenvalue weighted by atomic mass is 10.2. The van der Waals surface area contributed by atoms with E-state index in [1.54, 1.807) is 6.20 Å². The first-order valence-corrected chi connectivity index (χ1v) is 6.28. The van der Waals surface area contributed by atoms with Gasteiger partial charge in [-0.2, -0.15) is 0 Å². The molecular formula is C12H17N3O2S. The molecule has 0 saturated carbocycles. The van der Waals surface area contributed by atoms with Gasteiger partial charge >= 0.3 is 0 Å². The molecule has 2 rings (SSSR count). The van der Waals surface area contributed by atoms with Crippen molar-refractivity contribution in [3.63, 3.8) is 0 Å². The summed E-state index contributed by atoms with van der Waals surface area (Å²) < 4.78 is 5.59.